The Morgan fingerprint density at radius 3 is 2.16 bits per heavy atom. The highest BCUT2D eigenvalue weighted by molar-refractivity contribution is 8.56. The van der Waals surface area contributed by atoms with Crippen LogP contribution in [0.1, 0.15) is 6.92 Å². The van der Waals surface area contributed by atoms with E-state index >= 15 is 0 Å². The fourth-order valence-electron chi connectivity index (χ4n) is 1.68. The van der Waals surface area contributed by atoms with E-state index in [9.17, 15) is 17.5 Å². The van der Waals surface area contributed by atoms with Crippen LogP contribution < -0.4 is 4.48 Å². The average molecular weight is 434 g/mol. The molecule has 0 spiro atoms. The van der Waals surface area contributed by atoms with Gasteiger partial charge in [-0.05, 0) is 19.1 Å². The molecule has 0 aliphatic rings. The highest BCUT2D eigenvalue weighted by atomic mass is 35.5. The predicted octanol–water partition coefficient (Wildman–Crippen LogP) is 3.59. The van der Waals surface area contributed by atoms with Crippen LogP contribution in [0.25, 0.3) is 0 Å². The van der Waals surface area contributed by atoms with Crippen molar-refractivity contribution in [2.75, 3.05) is 46.8 Å². The van der Waals surface area contributed by atoms with Gasteiger partial charge in [0, 0.05) is 23.8 Å². The number of rotatable bonds is 8. The lowest BCUT2D eigenvalue weighted by molar-refractivity contribution is 0.314. The summed E-state index contributed by atoms with van der Waals surface area (Å²) in [5.41, 5.74) is 1.19. The summed E-state index contributed by atoms with van der Waals surface area (Å²) >= 11 is 7.32. The molecule has 0 radical (unpaired) electrons. The second kappa shape index (κ2) is 10.9. The zero-order valence-electron chi connectivity index (χ0n) is 15.0. The normalized spacial score (nSPS) is 14.4. The van der Waals surface area contributed by atoms with Gasteiger partial charge in [-0.2, -0.15) is 0 Å². The number of hydrogen-bond donors (Lipinski definition) is 0. The Kier molecular flexibility index (Phi) is 10.8. The predicted molar refractivity (Wildman–Crippen MR) is 104 cm³/mol. The molecule has 11 heteroatoms. The molecular formula is C14H25ClNO6PS2. The third kappa shape index (κ3) is 12.0. The maximum Gasteiger partial charge on any atom is 0.254 e. The van der Waals surface area contributed by atoms with Crippen molar-refractivity contribution in [2.24, 2.45) is 0 Å². The average Bonchev–Trinajstić information content (AvgIpc) is 2.47. The highest BCUT2D eigenvalue weighted by Crippen LogP contribution is 2.55. The van der Waals surface area contributed by atoms with Crippen molar-refractivity contribution < 1.29 is 26.2 Å². The molecule has 0 N–H and O–H groups in total. The zero-order valence-corrected chi connectivity index (χ0v) is 18.3. The lowest BCUT2D eigenvalue weighted by Gasteiger charge is -2.29. The van der Waals surface area contributed by atoms with Crippen LogP contribution in [-0.2, 0) is 23.7 Å². The topological polar surface area (TPSA) is 92.7 Å². The van der Waals surface area contributed by atoms with Gasteiger partial charge >= 0.3 is 0 Å². The summed E-state index contributed by atoms with van der Waals surface area (Å²) in [6, 6.07) is 7.85. The molecule has 0 saturated heterocycles. The van der Waals surface area contributed by atoms with Crippen LogP contribution in [-0.4, -0.2) is 59.7 Å². The zero-order chi connectivity index (χ0) is 19.7. The van der Waals surface area contributed by atoms with E-state index in [1.165, 1.54) is 17.1 Å². The molecule has 0 bridgehead atoms. The molecular weight excluding hydrogens is 409 g/mol. The molecule has 1 unspecified atom stereocenters. The molecule has 1 rings (SSSR count). The van der Waals surface area contributed by atoms with Crippen LogP contribution in [0.2, 0.25) is 5.02 Å². The first-order chi connectivity index (χ1) is 11.3. The summed E-state index contributed by atoms with van der Waals surface area (Å²) in [6.07, 6.45) is 0. The van der Waals surface area contributed by atoms with E-state index in [-0.39, 0.29) is 0 Å². The summed E-state index contributed by atoms with van der Waals surface area (Å²) in [5, 5.41) is 0.743. The van der Waals surface area contributed by atoms with E-state index < -0.39 is 17.0 Å². The van der Waals surface area contributed by atoms with E-state index in [2.05, 4.69) is 18.3 Å². The molecule has 7 nitrogen and oxygen atoms in total. The highest BCUT2D eigenvalue weighted by Gasteiger charge is 2.22. The van der Waals surface area contributed by atoms with Crippen LogP contribution in [0.5, 0.6) is 0 Å². The molecule has 0 fully saturated rings. The first-order valence-corrected chi connectivity index (χ1v) is 12.7. The Balaban J connectivity index is 0.000000823. The number of benzene rings is 1. The molecule has 0 aliphatic heterocycles. The first kappa shape index (κ1) is 24.9. The van der Waals surface area contributed by atoms with E-state index in [0.717, 1.165) is 28.9 Å². The monoisotopic (exact) mass is 433 g/mol. The standard InChI is InChI=1S/C13H22ClNO2PS.CH4O4S/c1-5-17-18(4,16)19-11-10-15(2,3)13-8-6-12(14)7-9-13;1-5-6(2,3)4/h6-9H,5,10-11H2,1-4H3;1H3,(H,2,3,4)/q+1;/p-1. The molecule has 0 aromatic heterocycles. The van der Waals surface area contributed by atoms with Gasteiger partial charge in [0.15, 0.2) is 0 Å². The number of halogens is 1. The summed E-state index contributed by atoms with van der Waals surface area (Å²) in [7, 11) is 0.656. The van der Waals surface area contributed by atoms with Crippen molar-refractivity contribution in [1.82, 2.24) is 4.48 Å². The lowest BCUT2D eigenvalue weighted by Crippen LogP contribution is -2.42. The van der Waals surface area contributed by atoms with Gasteiger partial charge in [-0.25, -0.2) is 8.42 Å². The second-order valence-corrected chi connectivity index (χ2v) is 12.3. The summed E-state index contributed by atoms with van der Waals surface area (Å²) in [4.78, 5) is 0. The van der Waals surface area contributed by atoms with Crippen molar-refractivity contribution >= 4 is 45.6 Å². The summed E-state index contributed by atoms with van der Waals surface area (Å²) in [5.74, 6) is 0.795. The maximum atomic E-state index is 12.0. The van der Waals surface area contributed by atoms with Crippen LogP contribution in [0.15, 0.2) is 24.3 Å². The number of quaternary nitrogens is 1. The third-order valence-electron chi connectivity index (χ3n) is 3.07. The van der Waals surface area contributed by atoms with Crippen molar-refractivity contribution in [3.63, 3.8) is 0 Å². The van der Waals surface area contributed by atoms with Crippen LogP contribution in [0, 0.1) is 0 Å². The minimum Gasteiger partial charge on any atom is -0.726 e. The molecule has 0 amide bonds. The van der Waals surface area contributed by atoms with Crippen molar-refractivity contribution in [3.8, 4) is 0 Å². The minimum absolute atomic E-state index is 0.496. The van der Waals surface area contributed by atoms with Gasteiger partial charge in [0.1, 0.15) is 5.69 Å². The van der Waals surface area contributed by atoms with E-state index in [0.29, 0.717) is 6.61 Å². The van der Waals surface area contributed by atoms with E-state index in [4.69, 9.17) is 16.1 Å². The van der Waals surface area contributed by atoms with E-state index in [1.54, 1.807) is 6.66 Å². The quantitative estimate of drug-likeness (QED) is 0.267. The summed E-state index contributed by atoms with van der Waals surface area (Å²) in [6.45, 7) is 2.44. The smallest absolute Gasteiger partial charge is 0.254 e. The Hall–Kier alpha value is -0.120. The fraction of sp³-hybridized carbons (Fsp3) is 0.571. The van der Waals surface area contributed by atoms with E-state index in [1.807, 2.05) is 31.2 Å². The molecule has 1 aromatic carbocycles. The van der Waals surface area contributed by atoms with Gasteiger partial charge in [0.25, 0.3) is 6.57 Å². The molecule has 146 valence electrons. The molecule has 0 heterocycles. The largest absolute Gasteiger partial charge is 0.726 e. The molecule has 1 aromatic rings. The van der Waals surface area contributed by atoms with Crippen LogP contribution >= 0.6 is 29.6 Å². The Morgan fingerprint density at radius 2 is 1.76 bits per heavy atom. The Bertz CT molecular complexity index is 666. The first-order valence-electron chi connectivity index (χ1n) is 7.30. The third-order valence-corrected chi connectivity index (χ3v) is 7.56. The van der Waals surface area contributed by atoms with Crippen molar-refractivity contribution in [1.29, 1.82) is 0 Å². The van der Waals surface area contributed by atoms with Gasteiger partial charge in [-0.1, -0.05) is 23.0 Å². The van der Waals surface area contributed by atoms with Gasteiger partial charge in [0.05, 0.1) is 40.1 Å². The Morgan fingerprint density at radius 1 is 1.28 bits per heavy atom. The molecule has 0 saturated carbocycles. The second-order valence-electron chi connectivity index (χ2n) is 5.48. The lowest BCUT2D eigenvalue weighted by atomic mass is 10.2. The van der Waals surface area contributed by atoms with Gasteiger partial charge in [-0.3, -0.25) is 13.2 Å². The summed E-state index contributed by atoms with van der Waals surface area (Å²) < 4.78 is 49.0. The van der Waals surface area contributed by atoms with Crippen LogP contribution in [0.4, 0.5) is 5.69 Å². The SMILES string of the molecule is CCOP(C)(=O)SCC[N+](C)(C)c1ccc(Cl)cc1.COS(=O)(=O)[O-]. The molecule has 1 atom stereocenters. The fourth-order valence-corrected chi connectivity index (χ4v) is 5.00. The van der Waals surface area contributed by atoms with Crippen molar-refractivity contribution in [3.05, 3.63) is 29.3 Å². The molecule has 0 aliphatic carbocycles. The van der Waals surface area contributed by atoms with Crippen molar-refractivity contribution in [2.45, 2.75) is 6.92 Å². The number of nitrogens with zero attached hydrogens (tertiary/aromatic N) is 1. The Labute approximate surface area is 159 Å². The van der Waals surface area contributed by atoms with Gasteiger partial charge < -0.3 is 9.08 Å². The number of hydrogen-bond acceptors (Lipinski definition) is 7. The molecule has 25 heavy (non-hydrogen) atoms. The minimum atomic E-state index is -4.41. The van der Waals surface area contributed by atoms with Crippen LogP contribution in [0.3, 0.4) is 0 Å². The van der Waals surface area contributed by atoms with Gasteiger partial charge in [-0.15, -0.1) is 0 Å². The maximum absolute atomic E-state index is 12.0. The van der Waals surface area contributed by atoms with Gasteiger partial charge in [0.2, 0.25) is 10.4 Å².